The molecule has 0 radical (unpaired) electrons. The third kappa shape index (κ3) is 3.60. The van der Waals surface area contributed by atoms with Crippen LogP contribution in [0.25, 0.3) is 5.76 Å². The number of likely N-dealkylation sites (tertiary alicyclic amines) is 1. The summed E-state index contributed by atoms with van der Waals surface area (Å²) in [6, 6.07) is 14.4. The van der Waals surface area contributed by atoms with Gasteiger partial charge in [0.1, 0.15) is 17.3 Å². The van der Waals surface area contributed by atoms with Crippen molar-refractivity contribution in [3.05, 3.63) is 99.5 Å². The fraction of sp³-hybridized carbons (Fsp3) is 0.130. The van der Waals surface area contributed by atoms with E-state index in [1.807, 2.05) is 0 Å². The molecular formula is C23H18N2O7. The molecule has 1 aliphatic rings. The molecule has 0 aliphatic carbocycles. The summed E-state index contributed by atoms with van der Waals surface area (Å²) in [6.45, 7) is -0.0218. The number of furan rings is 1. The molecule has 2 aromatic carbocycles. The van der Waals surface area contributed by atoms with E-state index in [9.17, 15) is 24.8 Å². The second-order valence-corrected chi connectivity index (χ2v) is 7.06. The standard InChI is InChI=1S/C23H18N2O7/c1-31-18-10-3-2-9-17(18)20-19(21(26)14-6-4-7-15(12-14)25(29)30)22(27)23(28)24(20)13-16-8-5-11-32-16/h2-12,20,26H,13H2,1H3. The Kier molecular flexibility index (Phi) is 5.46. The number of amides is 1. The predicted octanol–water partition coefficient (Wildman–Crippen LogP) is 3.82. The molecule has 9 heteroatoms. The first-order valence-electron chi connectivity index (χ1n) is 9.61. The largest absolute Gasteiger partial charge is 0.507 e. The molecular weight excluding hydrogens is 416 g/mol. The maximum atomic E-state index is 13.0. The van der Waals surface area contributed by atoms with Crippen molar-refractivity contribution in [3.63, 3.8) is 0 Å². The van der Waals surface area contributed by atoms with Crippen LogP contribution in [0.15, 0.2) is 76.9 Å². The molecule has 1 fully saturated rings. The van der Waals surface area contributed by atoms with E-state index in [1.54, 1.807) is 36.4 Å². The molecule has 4 rings (SSSR count). The molecule has 9 nitrogen and oxygen atoms in total. The molecule has 32 heavy (non-hydrogen) atoms. The summed E-state index contributed by atoms with van der Waals surface area (Å²) in [5.74, 6) is -1.39. The van der Waals surface area contributed by atoms with Gasteiger partial charge in [0.2, 0.25) is 0 Å². The van der Waals surface area contributed by atoms with Gasteiger partial charge >= 0.3 is 0 Å². The van der Waals surface area contributed by atoms with Gasteiger partial charge < -0.3 is 19.2 Å². The number of aliphatic hydroxyl groups is 1. The molecule has 0 saturated carbocycles. The number of carbonyl (C=O) groups is 2. The Labute approximate surface area is 182 Å². The first kappa shape index (κ1) is 20.9. The van der Waals surface area contributed by atoms with Crippen LogP contribution in [0.4, 0.5) is 5.69 Å². The van der Waals surface area contributed by atoms with Crippen molar-refractivity contribution >= 4 is 23.1 Å². The molecule has 0 bridgehead atoms. The lowest BCUT2D eigenvalue weighted by atomic mass is 9.94. The van der Waals surface area contributed by atoms with Gasteiger partial charge in [0, 0.05) is 23.3 Å². The number of hydrogen-bond acceptors (Lipinski definition) is 7. The molecule has 0 spiro atoms. The molecule has 1 unspecified atom stereocenters. The quantitative estimate of drug-likeness (QED) is 0.206. The molecule has 162 valence electrons. The smallest absolute Gasteiger partial charge is 0.296 e. The van der Waals surface area contributed by atoms with Crippen LogP contribution in [0, 0.1) is 10.1 Å². The predicted molar refractivity (Wildman–Crippen MR) is 113 cm³/mol. The van der Waals surface area contributed by atoms with Gasteiger partial charge in [-0.1, -0.05) is 30.3 Å². The van der Waals surface area contributed by atoms with Gasteiger partial charge in [-0.15, -0.1) is 0 Å². The lowest BCUT2D eigenvalue weighted by molar-refractivity contribution is -0.384. The third-order valence-electron chi connectivity index (χ3n) is 5.21. The van der Waals surface area contributed by atoms with Crippen molar-refractivity contribution in [1.29, 1.82) is 0 Å². The number of hydrogen-bond donors (Lipinski definition) is 1. The summed E-state index contributed by atoms with van der Waals surface area (Å²) >= 11 is 0. The Morgan fingerprint density at radius 2 is 1.94 bits per heavy atom. The number of benzene rings is 2. The monoisotopic (exact) mass is 434 g/mol. The van der Waals surface area contributed by atoms with Gasteiger partial charge in [-0.25, -0.2) is 0 Å². The second-order valence-electron chi connectivity index (χ2n) is 7.06. The first-order chi connectivity index (χ1) is 15.4. The third-order valence-corrected chi connectivity index (χ3v) is 5.21. The molecule has 1 saturated heterocycles. The summed E-state index contributed by atoms with van der Waals surface area (Å²) in [5.41, 5.74) is 0.0853. The fourth-order valence-electron chi connectivity index (χ4n) is 3.75. The highest BCUT2D eigenvalue weighted by Crippen LogP contribution is 2.43. The minimum absolute atomic E-state index is 0.0218. The average molecular weight is 434 g/mol. The number of para-hydroxylation sites is 1. The van der Waals surface area contributed by atoms with Gasteiger partial charge in [0.25, 0.3) is 17.4 Å². The zero-order valence-electron chi connectivity index (χ0n) is 16.9. The number of ether oxygens (including phenoxy) is 1. The van der Waals surface area contributed by atoms with Crippen molar-refractivity contribution in [2.24, 2.45) is 0 Å². The Morgan fingerprint density at radius 1 is 1.16 bits per heavy atom. The molecule has 1 aromatic heterocycles. The highest BCUT2D eigenvalue weighted by atomic mass is 16.6. The van der Waals surface area contributed by atoms with E-state index in [4.69, 9.17) is 9.15 Å². The number of methoxy groups -OCH3 is 1. The van der Waals surface area contributed by atoms with Crippen molar-refractivity contribution < 1.29 is 28.8 Å². The fourth-order valence-corrected chi connectivity index (χ4v) is 3.75. The summed E-state index contributed by atoms with van der Waals surface area (Å²) in [4.78, 5) is 37.9. The minimum Gasteiger partial charge on any atom is -0.507 e. The molecule has 1 aliphatic heterocycles. The second kappa shape index (κ2) is 8.38. The van der Waals surface area contributed by atoms with Crippen LogP contribution in [0.3, 0.4) is 0 Å². The number of rotatable bonds is 6. The van der Waals surface area contributed by atoms with E-state index in [-0.39, 0.29) is 23.4 Å². The van der Waals surface area contributed by atoms with Crippen molar-refractivity contribution in [3.8, 4) is 5.75 Å². The van der Waals surface area contributed by atoms with E-state index >= 15 is 0 Å². The van der Waals surface area contributed by atoms with Crippen LogP contribution in [-0.4, -0.2) is 33.7 Å². The number of nitro benzene ring substituents is 1. The van der Waals surface area contributed by atoms with Crippen molar-refractivity contribution in [2.45, 2.75) is 12.6 Å². The lowest BCUT2D eigenvalue weighted by Crippen LogP contribution is -2.29. The van der Waals surface area contributed by atoms with Crippen LogP contribution < -0.4 is 4.74 Å². The van der Waals surface area contributed by atoms with Crippen LogP contribution in [0.5, 0.6) is 5.75 Å². The molecule has 1 N–H and O–H groups in total. The number of carbonyl (C=O) groups excluding carboxylic acids is 2. The van der Waals surface area contributed by atoms with Crippen molar-refractivity contribution in [1.82, 2.24) is 4.90 Å². The molecule has 1 atom stereocenters. The Hall–Kier alpha value is -4.40. The summed E-state index contributed by atoms with van der Waals surface area (Å²) in [6.07, 6.45) is 1.45. The van der Waals surface area contributed by atoms with Crippen LogP contribution in [-0.2, 0) is 16.1 Å². The van der Waals surface area contributed by atoms with Gasteiger partial charge in [-0.05, 0) is 18.2 Å². The SMILES string of the molecule is COc1ccccc1C1C(=C(O)c2cccc([N+](=O)[O-])c2)C(=O)C(=O)N1Cc1ccco1. The molecule has 3 aromatic rings. The number of Topliss-reactive ketones (excluding diaryl/α,β-unsaturated/α-hetero) is 1. The van der Waals surface area contributed by atoms with Gasteiger partial charge in [0.05, 0.1) is 36.5 Å². The summed E-state index contributed by atoms with van der Waals surface area (Å²) < 4.78 is 10.8. The minimum atomic E-state index is -0.990. The number of aliphatic hydroxyl groups excluding tert-OH is 1. The Bertz CT molecular complexity index is 1230. The lowest BCUT2D eigenvalue weighted by Gasteiger charge is -2.25. The van der Waals surface area contributed by atoms with Crippen LogP contribution >= 0.6 is 0 Å². The van der Waals surface area contributed by atoms with E-state index < -0.39 is 28.4 Å². The summed E-state index contributed by atoms with van der Waals surface area (Å²) in [5, 5.41) is 22.2. The Balaban J connectivity index is 1.92. The van der Waals surface area contributed by atoms with E-state index in [2.05, 4.69) is 0 Å². The normalized spacial score (nSPS) is 17.5. The average Bonchev–Trinajstić information content (AvgIpc) is 3.41. The van der Waals surface area contributed by atoms with Crippen molar-refractivity contribution in [2.75, 3.05) is 7.11 Å². The maximum Gasteiger partial charge on any atom is 0.296 e. The number of ketones is 1. The number of nitrogens with zero attached hydrogens (tertiary/aromatic N) is 2. The van der Waals surface area contributed by atoms with E-state index in [0.29, 0.717) is 17.1 Å². The maximum absolute atomic E-state index is 13.0. The van der Waals surface area contributed by atoms with Crippen LogP contribution in [0.2, 0.25) is 0 Å². The van der Waals surface area contributed by atoms with E-state index in [0.717, 1.165) is 6.07 Å². The molecule has 1 amide bonds. The van der Waals surface area contributed by atoms with E-state index in [1.165, 1.54) is 36.5 Å². The Morgan fingerprint density at radius 3 is 2.62 bits per heavy atom. The zero-order chi connectivity index (χ0) is 22.8. The highest BCUT2D eigenvalue weighted by molar-refractivity contribution is 6.46. The van der Waals surface area contributed by atoms with Gasteiger partial charge in [-0.3, -0.25) is 19.7 Å². The van der Waals surface area contributed by atoms with Gasteiger partial charge in [0.15, 0.2) is 0 Å². The zero-order valence-corrected chi connectivity index (χ0v) is 16.9. The number of nitro groups is 1. The molecule has 2 heterocycles. The number of non-ortho nitro benzene ring substituents is 1. The summed E-state index contributed by atoms with van der Waals surface area (Å²) in [7, 11) is 1.46. The van der Waals surface area contributed by atoms with Gasteiger partial charge in [-0.2, -0.15) is 0 Å². The highest BCUT2D eigenvalue weighted by Gasteiger charge is 2.47. The first-order valence-corrected chi connectivity index (χ1v) is 9.61. The topological polar surface area (TPSA) is 123 Å². The van der Waals surface area contributed by atoms with Crippen LogP contribution in [0.1, 0.15) is 22.9 Å².